The van der Waals surface area contributed by atoms with E-state index in [4.69, 9.17) is 10.5 Å². The first-order valence-electron chi connectivity index (χ1n) is 7.20. The van der Waals surface area contributed by atoms with E-state index in [1.165, 1.54) is 0 Å². The number of methoxy groups -OCH3 is 1. The molecule has 0 aliphatic heterocycles. The number of nitrogens with two attached hydrogens (primary N) is 1. The summed E-state index contributed by atoms with van der Waals surface area (Å²) in [5.41, 5.74) is 6.92. The summed E-state index contributed by atoms with van der Waals surface area (Å²) in [5, 5.41) is 10.3. The first-order chi connectivity index (χ1) is 9.43. The van der Waals surface area contributed by atoms with Crippen molar-refractivity contribution in [2.24, 2.45) is 11.7 Å². The Balaban J connectivity index is 2.46. The third-order valence-corrected chi connectivity index (χ3v) is 3.66. The maximum absolute atomic E-state index is 10.3. The van der Waals surface area contributed by atoms with Gasteiger partial charge in [0.25, 0.3) is 0 Å². The first kappa shape index (κ1) is 17.0. The van der Waals surface area contributed by atoms with Crippen molar-refractivity contribution in [3.8, 4) is 5.75 Å². The Morgan fingerprint density at radius 2 is 2.05 bits per heavy atom. The maximum atomic E-state index is 10.3. The Hall–Kier alpha value is -1.10. The molecule has 0 saturated carbocycles. The number of hydrogen-bond acceptors (Lipinski definition) is 4. The molecule has 0 amide bonds. The first-order valence-corrected chi connectivity index (χ1v) is 7.20. The van der Waals surface area contributed by atoms with Crippen LogP contribution >= 0.6 is 0 Å². The minimum atomic E-state index is -0.509. The van der Waals surface area contributed by atoms with Gasteiger partial charge in [-0.1, -0.05) is 26.0 Å². The molecule has 0 radical (unpaired) electrons. The van der Waals surface area contributed by atoms with Crippen molar-refractivity contribution >= 4 is 0 Å². The molecule has 20 heavy (non-hydrogen) atoms. The van der Waals surface area contributed by atoms with Gasteiger partial charge in [-0.2, -0.15) is 0 Å². The second kappa shape index (κ2) is 8.25. The normalized spacial score (nSPS) is 14.6. The van der Waals surface area contributed by atoms with Crippen LogP contribution in [0.4, 0.5) is 0 Å². The lowest BCUT2D eigenvalue weighted by Crippen LogP contribution is -2.33. The summed E-state index contributed by atoms with van der Waals surface area (Å²) in [6, 6.07) is 7.78. The molecule has 0 spiro atoms. The minimum absolute atomic E-state index is 0.214. The van der Waals surface area contributed by atoms with E-state index in [-0.39, 0.29) is 6.04 Å². The second-order valence-electron chi connectivity index (χ2n) is 5.75. The predicted octanol–water partition coefficient (Wildman–Crippen LogP) is 2.03. The van der Waals surface area contributed by atoms with Crippen molar-refractivity contribution in [3.63, 3.8) is 0 Å². The van der Waals surface area contributed by atoms with Gasteiger partial charge in [-0.05, 0) is 43.6 Å². The molecule has 4 heteroatoms. The van der Waals surface area contributed by atoms with Gasteiger partial charge in [-0.15, -0.1) is 0 Å². The fourth-order valence-electron chi connectivity index (χ4n) is 2.04. The molecule has 3 N–H and O–H groups in total. The van der Waals surface area contributed by atoms with E-state index in [0.717, 1.165) is 24.3 Å². The van der Waals surface area contributed by atoms with Crippen molar-refractivity contribution in [1.29, 1.82) is 0 Å². The SMILES string of the molecule is COc1cccc(C(O)CN(C)CCC(N)C(C)C)c1. The monoisotopic (exact) mass is 280 g/mol. The highest BCUT2D eigenvalue weighted by atomic mass is 16.5. The molecule has 114 valence electrons. The molecule has 0 aromatic heterocycles. The van der Waals surface area contributed by atoms with E-state index in [2.05, 4.69) is 18.7 Å². The summed E-state index contributed by atoms with van der Waals surface area (Å²) in [4.78, 5) is 2.12. The number of aliphatic hydroxyl groups is 1. The van der Waals surface area contributed by atoms with E-state index in [9.17, 15) is 5.11 Å². The van der Waals surface area contributed by atoms with Crippen LogP contribution in [0.3, 0.4) is 0 Å². The molecule has 1 aromatic carbocycles. The minimum Gasteiger partial charge on any atom is -0.497 e. The number of likely N-dealkylation sites (N-methyl/N-ethyl adjacent to an activating group) is 1. The molecule has 0 aliphatic carbocycles. The number of nitrogens with zero attached hydrogens (tertiary/aromatic N) is 1. The second-order valence-corrected chi connectivity index (χ2v) is 5.75. The fraction of sp³-hybridized carbons (Fsp3) is 0.625. The van der Waals surface area contributed by atoms with Crippen molar-refractivity contribution in [1.82, 2.24) is 4.90 Å². The van der Waals surface area contributed by atoms with Crippen molar-refractivity contribution in [3.05, 3.63) is 29.8 Å². The predicted molar refractivity (Wildman–Crippen MR) is 82.9 cm³/mol. The Labute approximate surface area is 122 Å². The summed E-state index contributed by atoms with van der Waals surface area (Å²) in [5.74, 6) is 1.26. The molecule has 1 aromatic rings. The number of aliphatic hydroxyl groups excluding tert-OH is 1. The summed E-state index contributed by atoms with van der Waals surface area (Å²) >= 11 is 0. The van der Waals surface area contributed by atoms with Crippen LogP contribution in [-0.4, -0.2) is 43.3 Å². The smallest absolute Gasteiger partial charge is 0.119 e. The van der Waals surface area contributed by atoms with Gasteiger partial charge in [0.05, 0.1) is 13.2 Å². The van der Waals surface area contributed by atoms with Crippen LogP contribution in [0.15, 0.2) is 24.3 Å². The zero-order chi connectivity index (χ0) is 15.1. The number of ether oxygens (including phenoxy) is 1. The molecule has 0 fully saturated rings. The molecule has 2 atom stereocenters. The Morgan fingerprint density at radius 1 is 1.35 bits per heavy atom. The largest absolute Gasteiger partial charge is 0.497 e. The highest BCUT2D eigenvalue weighted by Crippen LogP contribution is 2.19. The van der Waals surface area contributed by atoms with Gasteiger partial charge >= 0.3 is 0 Å². The maximum Gasteiger partial charge on any atom is 0.119 e. The van der Waals surface area contributed by atoms with E-state index in [0.29, 0.717) is 12.5 Å². The fourth-order valence-corrected chi connectivity index (χ4v) is 2.04. The van der Waals surface area contributed by atoms with Gasteiger partial charge in [0.2, 0.25) is 0 Å². The lowest BCUT2D eigenvalue weighted by atomic mass is 10.0. The molecule has 1 rings (SSSR count). The molecular weight excluding hydrogens is 252 g/mol. The van der Waals surface area contributed by atoms with Crippen LogP contribution in [0.2, 0.25) is 0 Å². The summed E-state index contributed by atoms with van der Waals surface area (Å²) in [6.45, 7) is 5.75. The molecule has 2 unspecified atom stereocenters. The Kier molecular flexibility index (Phi) is 6.99. The standard InChI is InChI=1S/C16H28N2O2/c1-12(2)15(17)8-9-18(3)11-16(19)13-6-5-7-14(10-13)20-4/h5-7,10,12,15-16,19H,8-9,11,17H2,1-4H3. The number of hydrogen-bond donors (Lipinski definition) is 2. The van der Waals surface area contributed by atoms with Crippen molar-refractivity contribution < 1.29 is 9.84 Å². The number of benzene rings is 1. The van der Waals surface area contributed by atoms with Gasteiger partial charge in [0, 0.05) is 12.6 Å². The molecule has 0 saturated heterocycles. The number of rotatable bonds is 8. The van der Waals surface area contributed by atoms with Gasteiger partial charge in [-0.3, -0.25) is 0 Å². The quantitative estimate of drug-likeness (QED) is 0.765. The molecule has 0 aliphatic rings. The van der Waals surface area contributed by atoms with Crippen LogP contribution < -0.4 is 10.5 Å². The van der Waals surface area contributed by atoms with Crippen LogP contribution in [-0.2, 0) is 0 Å². The molecule has 0 bridgehead atoms. The lowest BCUT2D eigenvalue weighted by molar-refractivity contribution is 0.124. The van der Waals surface area contributed by atoms with Crippen LogP contribution in [0.1, 0.15) is 31.9 Å². The van der Waals surface area contributed by atoms with Crippen LogP contribution in [0.5, 0.6) is 5.75 Å². The van der Waals surface area contributed by atoms with Crippen LogP contribution in [0, 0.1) is 5.92 Å². The van der Waals surface area contributed by atoms with Gasteiger partial charge in [-0.25, -0.2) is 0 Å². The van der Waals surface area contributed by atoms with Crippen molar-refractivity contribution in [2.45, 2.75) is 32.4 Å². The topological polar surface area (TPSA) is 58.7 Å². The summed E-state index contributed by atoms with van der Waals surface area (Å²) in [6.07, 6.45) is 0.435. The highest BCUT2D eigenvalue weighted by Gasteiger charge is 2.13. The Morgan fingerprint density at radius 3 is 2.65 bits per heavy atom. The summed E-state index contributed by atoms with van der Waals surface area (Å²) in [7, 11) is 3.64. The van der Waals surface area contributed by atoms with Crippen LogP contribution in [0.25, 0.3) is 0 Å². The van der Waals surface area contributed by atoms with Crippen molar-refractivity contribution in [2.75, 3.05) is 27.2 Å². The molecule has 0 heterocycles. The summed E-state index contributed by atoms with van der Waals surface area (Å²) < 4.78 is 5.17. The van der Waals surface area contributed by atoms with E-state index >= 15 is 0 Å². The van der Waals surface area contributed by atoms with Gasteiger partial charge in [0.15, 0.2) is 0 Å². The zero-order valence-electron chi connectivity index (χ0n) is 13.0. The van der Waals surface area contributed by atoms with E-state index in [1.54, 1.807) is 7.11 Å². The average Bonchev–Trinajstić information content (AvgIpc) is 2.44. The average molecular weight is 280 g/mol. The third kappa shape index (κ3) is 5.49. The van der Waals surface area contributed by atoms with E-state index in [1.807, 2.05) is 31.3 Å². The molecular formula is C16H28N2O2. The van der Waals surface area contributed by atoms with E-state index < -0.39 is 6.10 Å². The zero-order valence-corrected chi connectivity index (χ0v) is 13.0. The lowest BCUT2D eigenvalue weighted by Gasteiger charge is -2.23. The third-order valence-electron chi connectivity index (χ3n) is 3.66. The highest BCUT2D eigenvalue weighted by molar-refractivity contribution is 5.29. The molecule has 4 nitrogen and oxygen atoms in total. The van der Waals surface area contributed by atoms with Gasteiger partial charge in [0.1, 0.15) is 5.75 Å². The van der Waals surface area contributed by atoms with Gasteiger partial charge < -0.3 is 20.5 Å². The Bertz CT molecular complexity index is 396.